The van der Waals surface area contributed by atoms with E-state index in [1.165, 1.54) is 0 Å². The highest BCUT2D eigenvalue weighted by Gasteiger charge is 2.04. The van der Waals surface area contributed by atoms with Crippen molar-refractivity contribution < 1.29 is 9.47 Å². The van der Waals surface area contributed by atoms with Crippen LogP contribution in [0.15, 0.2) is 23.3 Å². The molecule has 0 fully saturated rings. The van der Waals surface area contributed by atoms with Gasteiger partial charge in [0.05, 0.1) is 19.9 Å². The molecule has 0 aromatic heterocycles. The lowest BCUT2D eigenvalue weighted by Gasteiger charge is -2.10. The molecule has 0 aliphatic carbocycles. The Morgan fingerprint density at radius 2 is 2.20 bits per heavy atom. The molecule has 15 heavy (non-hydrogen) atoms. The number of nitrogens with two attached hydrogens (primary N) is 1. The lowest BCUT2D eigenvalue weighted by atomic mass is 10.2. The molecule has 0 bridgehead atoms. The topological polar surface area (TPSA) is 56.8 Å². The molecule has 0 unspecified atom stereocenters. The maximum absolute atomic E-state index is 5.51. The minimum Gasteiger partial charge on any atom is -0.493 e. The Kier molecular flexibility index (Phi) is 4.47. The first kappa shape index (κ1) is 11.4. The second-order valence-electron chi connectivity index (χ2n) is 3.04. The average molecular weight is 208 g/mol. The Morgan fingerprint density at radius 3 is 2.80 bits per heavy atom. The van der Waals surface area contributed by atoms with Crippen molar-refractivity contribution in [1.82, 2.24) is 0 Å². The fourth-order valence-electron chi connectivity index (χ4n) is 1.18. The molecule has 4 nitrogen and oxygen atoms in total. The predicted molar refractivity (Wildman–Crippen MR) is 60.6 cm³/mol. The van der Waals surface area contributed by atoms with Gasteiger partial charge in [0.2, 0.25) is 0 Å². The van der Waals surface area contributed by atoms with E-state index in [-0.39, 0.29) is 0 Å². The molecule has 0 radical (unpaired) electrons. The molecule has 4 heteroatoms. The van der Waals surface area contributed by atoms with E-state index < -0.39 is 0 Å². The van der Waals surface area contributed by atoms with E-state index in [4.69, 9.17) is 15.3 Å². The van der Waals surface area contributed by atoms with Gasteiger partial charge in [0.25, 0.3) is 0 Å². The number of methoxy groups -OCH3 is 1. The summed E-state index contributed by atoms with van der Waals surface area (Å²) in [4.78, 5) is 0. The zero-order valence-corrected chi connectivity index (χ0v) is 9.06. The molecule has 1 aromatic rings. The zero-order valence-electron chi connectivity index (χ0n) is 9.06. The third kappa shape index (κ3) is 3.16. The third-order valence-corrected chi connectivity index (χ3v) is 1.87. The van der Waals surface area contributed by atoms with Gasteiger partial charge in [0, 0.05) is 0 Å². The highest BCUT2D eigenvalue weighted by Crippen LogP contribution is 2.27. The van der Waals surface area contributed by atoms with Crippen molar-refractivity contribution in [3.05, 3.63) is 23.8 Å². The van der Waals surface area contributed by atoms with Gasteiger partial charge in [-0.3, -0.25) is 0 Å². The quantitative estimate of drug-likeness (QED) is 0.456. The van der Waals surface area contributed by atoms with Crippen LogP contribution in [0.3, 0.4) is 0 Å². The fraction of sp³-hybridized carbons (Fsp3) is 0.364. The SMILES string of the molecule is CCCOc1ccc(C=NN)cc1OC. The Balaban J connectivity index is 2.88. The van der Waals surface area contributed by atoms with E-state index in [0.29, 0.717) is 12.4 Å². The van der Waals surface area contributed by atoms with Gasteiger partial charge in [-0.25, -0.2) is 0 Å². The van der Waals surface area contributed by atoms with E-state index in [0.717, 1.165) is 17.7 Å². The first-order valence-electron chi connectivity index (χ1n) is 4.86. The highest BCUT2D eigenvalue weighted by molar-refractivity contribution is 5.80. The van der Waals surface area contributed by atoms with Gasteiger partial charge in [-0.2, -0.15) is 5.10 Å². The summed E-state index contributed by atoms with van der Waals surface area (Å²) in [6.07, 6.45) is 2.53. The van der Waals surface area contributed by atoms with E-state index >= 15 is 0 Å². The summed E-state index contributed by atoms with van der Waals surface area (Å²) >= 11 is 0. The van der Waals surface area contributed by atoms with E-state index in [9.17, 15) is 0 Å². The molecular formula is C11H16N2O2. The van der Waals surface area contributed by atoms with Crippen LogP contribution >= 0.6 is 0 Å². The minimum absolute atomic E-state index is 0.681. The van der Waals surface area contributed by atoms with Crippen molar-refractivity contribution in [2.45, 2.75) is 13.3 Å². The maximum atomic E-state index is 5.51. The molecule has 0 heterocycles. The largest absolute Gasteiger partial charge is 0.493 e. The molecule has 0 saturated heterocycles. The van der Waals surface area contributed by atoms with Crippen molar-refractivity contribution >= 4 is 6.21 Å². The maximum Gasteiger partial charge on any atom is 0.161 e. The van der Waals surface area contributed by atoms with Gasteiger partial charge in [0.1, 0.15) is 0 Å². The second-order valence-corrected chi connectivity index (χ2v) is 3.04. The third-order valence-electron chi connectivity index (χ3n) is 1.87. The lowest BCUT2D eigenvalue weighted by Crippen LogP contribution is -1.98. The molecule has 0 saturated carbocycles. The number of nitrogens with zero attached hydrogens (tertiary/aromatic N) is 1. The summed E-state index contributed by atoms with van der Waals surface area (Å²) in [5, 5.41) is 3.45. The van der Waals surface area contributed by atoms with Gasteiger partial charge in [-0.05, 0) is 30.2 Å². The Bertz CT molecular complexity index is 337. The van der Waals surface area contributed by atoms with Crippen molar-refractivity contribution in [2.24, 2.45) is 10.9 Å². The summed E-state index contributed by atoms with van der Waals surface area (Å²) in [5.74, 6) is 6.51. The van der Waals surface area contributed by atoms with E-state index in [1.807, 2.05) is 18.2 Å². The summed E-state index contributed by atoms with van der Waals surface area (Å²) in [6, 6.07) is 5.57. The zero-order chi connectivity index (χ0) is 11.1. The second kappa shape index (κ2) is 5.90. The number of ether oxygens (including phenoxy) is 2. The van der Waals surface area contributed by atoms with Crippen molar-refractivity contribution in [2.75, 3.05) is 13.7 Å². The molecule has 1 rings (SSSR count). The summed E-state index contributed by atoms with van der Waals surface area (Å²) in [7, 11) is 1.61. The summed E-state index contributed by atoms with van der Waals surface area (Å²) in [6.45, 7) is 2.74. The normalized spacial score (nSPS) is 10.5. The molecule has 0 atom stereocenters. The molecule has 0 spiro atoms. The molecule has 82 valence electrons. The monoisotopic (exact) mass is 208 g/mol. The fourth-order valence-corrected chi connectivity index (χ4v) is 1.18. The van der Waals surface area contributed by atoms with Crippen LogP contribution < -0.4 is 15.3 Å². The first-order valence-corrected chi connectivity index (χ1v) is 4.86. The van der Waals surface area contributed by atoms with Crippen LogP contribution in [0.5, 0.6) is 11.5 Å². The van der Waals surface area contributed by atoms with Crippen LogP contribution in [0.2, 0.25) is 0 Å². The Morgan fingerprint density at radius 1 is 1.40 bits per heavy atom. The Labute approximate surface area is 89.7 Å². The number of hydrogen-bond donors (Lipinski definition) is 1. The highest BCUT2D eigenvalue weighted by atomic mass is 16.5. The number of rotatable bonds is 5. The minimum atomic E-state index is 0.681. The lowest BCUT2D eigenvalue weighted by molar-refractivity contribution is 0.294. The average Bonchev–Trinajstić information content (AvgIpc) is 2.27. The summed E-state index contributed by atoms with van der Waals surface area (Å²) < 4.78 is 10.7. The number of hydrogen-bond acceptors (Lipinski definition) is 4. The van der Waals surface area contributed by atoms with Crippen LogP contribution in [0.4, 0.5) is 0 Å². The van der Waals surface area contributed by atoms with Crippen LogP contribution in [0.1, 0.15) is 18.9 Å². The number of hydrazone groups is 1. The molecule has 2 N–H and O–H groups in total. The van der Waals surface area contributed by atoms with Gasteiger partial charge in [0.15, 0.2) is 11.5 Å². The van der Waals surface area contributed by atoms with Crippen LogP contribution in [-0.4, -0.2) is 19.9 Å². The smallest absolute Gasteiger partial charge is 0.161 e. The summed E-state index contributed by atoms with van der Waals surface area (Å²) in [5.41, 5.74) is 0.887. The van der Waals surface area contributed by atoms with Crippen LogP contribution in [0, 0.1) is 0 Å². The molecule has 1 aromatic carbocycles. The van der Waals surface area contributed by atoms with Crippen LogP contribution in [-0.2, 0) is 0 Å². The predicted octanol–water partition coefficient (Wildman–Crippen LogP) is 1.78. The number of benzene rings is 1. The van der Waals surface area contributed by atoms with Gasteiger partial charge in [-0.15, -0.1) is 0 Å². The molecule has 0 aliphatic rings. The Hall–Kier alpha value is -1.71. The van der Waals surface area contributed by atoms with Crippen molar-refractivity contribution in [1.29, 1.82) is 0 Å². The standard InChI is InChI=1S/C11H16N2O2/c1-3-6-15-10-5-4-9(8-13-12)7-11(10)14-2/h4-5,7-8H,3,6,12H2,1-2H3. The van der Waals surface area contributed by atoms with E-state index in [1.54, 1.807) is 13.3 Å². The van der Waals surface area contributed by atoms with Gasteiger partial charge < -0.3 is 15.3 Å². The molecule has 0 aliphatic heterocycles. The molecular weight excluding hydrogens is 192 g/mol. The van der Waals surface area contributed by atoms with Gasteiger partial charge >= 0.3 is 0 Å². The van der Waals surface area contributed by atoms with Gasteiger partial charge in [-0.1, -0.05) is 6.92 Å². The van der Waals surface area contributed by atoms with Crippen molar-refractivity contribution in [3.8, 4) is 11.5 Å². The van der Waals surface area contributed by atoms with Crippen molar-refractivity contribution in [3.63, 3.8) is 0 Å². The van der Waals surface area contributed by atoms with Crippen LogP contribution in [0.25, 0.3) is 0 Å². The van der Waals surface area contributed by atoms with E-state index in [2.05, 4.69) is 12.0 Å². The first-order chi connectivity index (χ1) is 7.31. The molecule has 0 amide bonds.